The number of carbonyl (C=O) groups excluding carboxylic acids is 1. The molecule has 1 amide bonds. The van der Waals surface area contributed by atoms with Gasteiger partial charge in [-0.15, -0.1) is 11.3 Å². The fourth-order valence-electron chi connectivity index (χ4n) is 3.05. The molecular formula is C23H15N3OS2. The van der Waals surface area contributed by atoms with E-state index in [2.05, 4.69) is 10.3 Å². The predicted octanol–water partition coefficient (Wildman–Crippen LogP) is 6.34. The van der Waals surface area contributed by atoms with E-state index in [-0.39, 0.29) is 5.91 Å². The smallest absolute Gasteiger partial charge is 0.269 e. The van der Waals surface area contributed by atoms with Crippen LogP contribution in [0.15, 0.2) is 84.9 Å². The Balaban J connectivity index is 1.55. The number of amides is 1. The summed E-state index contributed by atoms with van der Waals surface area (Å²) in [6, 6.07) is 27.6. The second-order valence-corrected chi connectivity index (χ2v) is 8.40. The van der Waals surface area contributed by atoms with Gasteiger partial charge in [0.25, 0.3) is 5.91 Å². The minimum absolute atomic E-state index is 0.192. The molecule has 1 N–H and O–H groups in total. The number of rotatable bonds is 4. The van der Waals surface area contributed by atoms with Crippen molar-refractivity contribution in [3.05, 3.63) is 89.8 Å². The number of anilines is 1. The molecule has 0 aliphatic heterocycles. The molecule has 3 aromatic carbocycles. The number of carbonyl (C=O) groups is 1. The number of hydrogen-bond donors (Lipinski definition) is 1. The van der Waals surface area contributed by atoms with Crippen molar-refractivity contribution in [1.29, 1.82) is 0 Å². The zero-order valence-electron chi connectivity index (χ0n) is 15.2. The first kappa shape index (κ1) is 17.7. The maximum absolute atomic E-state index is 13.2. The minimum atomic E-state index is -0.192. The number of aromatic nitrogens is 2. The van der Waals surface area contributed by atoms with Gasteiger partial charge in [0.2, 0.25) is 0 Å². The van der Waals surface area contributed by atoms with Crippen LogP contribution in [0.2, 0.25) is 0 Å². The molecule has 0 aliphatic rings. The predicted molar refractivity (Wildman–Crippen MR) is 121 cm³/mol. The molecule has 0 saturated heterocycles. The van der Waals surface area contributed by atoms with Crippen molar-refractivity contribution in [1.82, 2.24) is 9.97 Å². The van der Waals surface area contributed by atoms with E-state index >= 15 is 0 Å². The molecule has 0 unspecified atom stereocenters. The average Bonchev–Trinajstić information content (AvgIpc) is 3.39. The van der Waals surface area contributed by atoms with Crippen LogP contribution in [0.25, 0.3) is 32.0 Å². The molecule has 5 rings (SSSR count). The fourth-order valence-corrected chi connectivity index (χ4v) is 4.90. The summed E-state index contributed by atoms with van der Waals surface area (Å²) in [5.74, 6) is -0.192. The van der Waals surface area contributed by atoms with Gasteiger partial charge in [0.15, 0.2) is 5.13 Å². The summed E-state index contributed by atoms with van der Waals surface area (Å²) in [5, 5.41) is 4.37. The van der Waals surface area contributed by atoms with Crippen LogP contribution in [0.4, 0.5) is 5.13 Å². The molecule has 0 spiro atoms. The highest BCUT2D eigenvalue weighted by Crippen LogP contribution is 2.35. The quantitative estimate of drug-likeness (QED) is 0.374. The van der Waals surface area contributed by atoms with Crippen molar-refractivity contribution in [3.8, 4) is 21.8 Å². The van der Waals surface area contributed by atoms with Crippen molar-refractivity contribution in [2.45, 2.75) is 0 Å². The number of para-hydroxylation sites is 1. The van der Waals surface area contributed by atoms with Crippen molar-refractivity contribution in [3.63, 3.8) is 0 Å². The molecule has 0 saturated carbocycles. The van der Waals surface area contributed by atoms with Crippen molar-refractivity contribution in [2.24, 2.45) is 0 Å². The van der Waals surface area contributed by atoms with Gasteiger partial charge in [-0.05, 0) is 12.1 Å². The van der Waals surface area contributed by atoms with Crippen LogP contribution in [0, 0.1) is 0 Å². The van der Waals surface area contributed by atoms with Crippen LogP contribution >= 0.6 is 22.7 Å². The fraction of sp³-hybridized carbons (Fsp3) is 0. The van der Waals surface area contributed by atoms with Gasteiger partial charge < -0.3 is 0 Å². The van der Waals surface area contributed by atoms with E-state index in [0.717, 1.165) is 26.4 Å². The lowest BCUT2D eigenvalue weighted by molar-refractivity contribution is 0.103. The van der Waals surface area contributed by atoms with Crippen LogP contribution in [0.1, 0.15) is 9.67 Å². The molecule has 140 valence electrons. The third-order valence-corrected chi connectivity index (χ3v) is 6.47. The van der Waals surface area contributed by atoms with Crippen LogP contribution in [0.3, 0.4) is 0 Å². The first-order valence-corrected chi connectivity index (χ1v) is 10.7. The van der Waals surface area contributed by atoms with Gasteiger partial charge in [0.1, 0.15) is 9.88 Å². The molecule has 5 aromatic rings. The van der Waals surface area contributed by atoms with Gasteiger partial charge in [-0.2, -0.15) is 0 Å². The van der Waals surface area contributed by atoms with Crippen LogP contribution in [-0.2, 0) is 0 Å². The highest BCUT2D eigenvalue weighted by molar-refractivity contribution is 7.22. The molecule has 0 aliphatic carbocycles. The molecule has 0 atom stereocenters. The Morgan fingerprint density at radius 3 is 2.10 bits per heavy atom. The molecule has 0 bridgehead atoms. The highest BCUT2D eigenvalue weighted by atomic mass is 32.1. The lowest BCUT2D eigenvalue weighted by Gasteiger charge is -2.02. The average molecular weight is 414 g/mol. The number of hydrogen-bond acceptors (Lipinski definition) is 5. The Bertz CT molecular complexity index is 1260. The van der Waals surface area contributed by atoms with Crippen LogP contribution in [0.5, 0.6) is 0 Å². The Hall–Kier alpha value is -3.35. The molecule has 0 fully saturated rings. The third-order valence-electron chi connectivity index (χ3n) is 4.42. The zero-order valence-corrected chi connectivity index (χ0v) is 16.8. The van der Waals surface area contributed by atoms with E-state index in [0.29, 0.717) is 15.7 Å². The van der Waals surface area contributed by atoms with Gasteiger partial charge in [-0.1, -0.05) is 84.1 Å². The van der Waals surface area contributed by atoms with Gasteiger partial charge in [-0.25, -0.2) is 9.97 Å². The second kappa shape index (κ2) is 7.58. The Labute approximate surface area is 175 Å². The molecule has 2 heterocycles. The highest BCUT2D eigenvalue weighted by Gasteiger charge is 2.21. The summed E-state index contributed by atoms with van der Waals surface area (Å²) < 4.78 is 1.04. The molecular weight excluding hydrogens is 398 g/mol. The lowest BCUT2D eigenvalue weighted by Crippen LogP contribution is -2.11. The second-order valence-electron chi connectivity index (χ2n) is 6.37. The topological polar surface area (TPSA) is 54.9 Å². The lowest BCUT2D eigenvalue weighted by atomic mass is 10.1. The van der Waals surface area contributed by atoms with E-state index < -0.39 is 0 Å². The summed E-state index contributed by atoms with van der Waals surface area (Å²) >= 11 is 2.86. The van der Waals surface area contributed by atoms with Crippen molar-refractivity contribution in [2.75, 3.05) is 5.32 Å². The number of thiazole rings is 2. The van der Waals surface area contributed by atoms with E-state index in [9.17, 15) is 4.79 Å². The summed E-state index contributed by atoms with van der Waals surface area (Å²) in [6.07, 6.45) is 0. The number of benzene rings is 3. The molecule has 29 heavy (non-hydrogen) atoms. The van der Waals surface area contributed by atoms with Gasteiger partial charge in [0.05, 0.1) is 15.9 Å². The standard InChI is InChI=1S/C23H15N3OS2/c27-21(26-23-24-17-13-7-8-14-18(17)28-23)20-19(15-9-3-1-4-10-15)25-22(29-20)16-11-5-2-6-12-16/h1-14H,(H,24,26,27). The minimum Gasteiger partial charge on any atom is -0.297 e. The SMILES string of the molecule is O=C(Nc1nc2ccccc2s1)c1sc(-c2ccccc2)nc1-c1ccccc1. The molecule has 2 aromatic heterocycles. The van der Waals surface area contributed by atoms with E-state index in [1.54, 1.807) is 0 Å². The summed E-state index contributed by atoms with van der Waals surface area (Å²) in [6.45, 7) is 0. The maximum Gasteiger partial charge on any atom is 0.269 e. The first-order chi connectivity index (χ1) is 14.3. The Morgan fingerprint density at radius 2 is 1.38 bits per heavy atom. The van der Waals surface area contributed by atoms with Crippen LogP contribution in [-0.4, -0.2) is 15.9 Å². The summed E-state index contributed by atoms with van der Waals surface area (Å²) in [5.41, 5.74) is 3.48. The molecule has 4 nitrogen and oxygen atoms in total. The van der Waals surface area contributed by atoms with Crippen LogP contribution < -0.4 is 5.32 Å². The van der Waals surface area contributed by atoms with Gasteiger partial charge in [0, 0.05) is 11.1 Å². The number of nitrogens with one attached hydrogen (secondary N) is 1. The van der Waals surface area contributed by atoms with Crippen molar-refractivity contribution < 1.29 is 4.79 Å². The monoisotopic (exact) mass is 413 g/mol. The van der Waals surface area contributed by atoms with E-state index in [1.165, 1.54) is 22.7 Å². The normalized spacial score (nSPS) is 10.9. The third kappa shape index (κ3) is 3.55. The first-order valence-electron chi connectivity index (χ1n) is 9.06. The molecule has 6 heteroatoms. The zero-order chi connectivity index (χ0) is 19.6. The van der Waals surface area contributed by atoms with E-state index in [4.69, 9.17) is 4.98 Å². The van der Waals surface area contributed by atoms with E-state index in [1.807, 2.05) is 84.9 Å². The Kier molecular flexibility index (Phi) is 4.63. The largest absolute Gasteiger partial charge is 0.297 e. The number of nitrogens with zero attached hydrogens (tertiary/aromatic N) is 2. The maximum atomic E-state index is 13.2. The summed E-state index contributed by atoms with van der Waals surface area (Å²) in [4.78, 5) is 23.0. The Morgan fingerprint density at radius 1 is 0.724 bits per heavy atom. The number of fused-ring (bicyclic) bond motifs is 1. The van der Waals surface area contributed by atoms with Gasteiger partial charge in [-0.3, -0.25) is 10.1 Å². The molecule has 0 radical (unpaired) electrons. The van der Waals surface area contributed by atoms with Gasteiger partial charge >= 0.3 is 0 Å². The van der Waals surface area contributed by atoms with Crippen molar-refractivity contribution >= 4 is 43.9 Å². The summed E-state index contributed by atoms with van der Waals surface area (Å²) in [7, 11) is 0.